The van der Waals surface area contributed by atoms with Crippen molar-refractivity contribution in [2.24, 2.45) is 11.3 Å². The van der Waals surface area contributed by atoms with Gasteiger partial charge in [-0.2, -0.15) is 0 Å². The van der Waals surface area contributed by atoms with Crippen molar-refractivity contribution in [1.82, 2.24) is 0 Å². The summed E-state index contributed by atoms with van der Waals surface area (Å²) >= 11 is 0. The van der Waals surface area contributed by atoms with Crippen LogP contribution >= 0.6 is 0 Å². The molecular formula is C10H18F2. The van der Waals surface area contributed by atoms with Crippen LogP contribution in [0.3, 0.4) is 0 Å². The smallest absolute Gasteiger partial charge is 0.210 e. The van der Waals surface area contributed by atoms with Gasteiger partial charge in [0.1, 0.15) is 0 Å². The molecule has 0 N–H and O–H groups in total. The van der Waals surface area contributed by atoms with Crippen LogP contribution in [-0.2, 0) is 0 Å². The second kappa shape index (κ2) is 3.71. The van der Waals surface area contributed by atoms with Gasteiger partial charge in [0.25, 0.3) is 0 Å². The molecule has 1 aliphatic rings. The Morgan fingerprint density at radius 2 is 1.83 bits per heavy atom. The third-order valence-electron chi connectivity index (χ3n) is 3.20. The van der Waals surface area contributed by atoms with E-state index in [1.807, 2.05) is 6.92 Å². The molecule has 0 bridgehead atoms. The molecular weight excluding hydrogens is 158 g/mol. The summed E-state index contributed by atoms with van der Waals surface area (Å²) in [6.07, 6.45) is 2.34. The molecule has 1 aliphatic carbocycles. The van der Waals surface area contributed by atoms with E-state index in [9.17, 15) is 8.78 Å². The summed E-state index contributed by atoms with van der Waals surface area (Å²) in [7, 11) is 0. The Morgan fingerprint density at radius 3 is 2.08 bits per heavy atom. The van der Waals surface area contributed by atoms with E-state index in [0.29, 0.717) is 0 Å². The number of halogens is 2. The first-order valence-electron chi connectivity index (χ1n) is 4.95. The van der Waals surface area contributed by atoms with Crippen molar-refractivity contribution >= 4 is 0 Å². The number of rotatable bonds is 5. The van der Waals surface area contributed by atoms with E-state index in [0.717, 1.165) is 32.1 Å². The zero-order chi connectivity index (χ0) is 9.19. The highest BCUT2D eigenvalue weighted by Crippen LogP contribution is 2.58. The van der Waals surface area contributed by atoms with E-state index in [1.165, 1.54) is 0 Å². The Balaban J connectivity index is 2.52. The van der Waals surface area contributed by atoms with Crippen molar-refractivity contribution in [3.63, 3.8) is 0 Å². The molecule has 1 rings (SSSR count). The van der Waals surface area contributed by atoms with Crippen molar-refractivity contribution < 1.29 is 8.78 Å². The topological polar surface area (TPSA) is 0 Å². The van der Waals surface area contributed by atoms with Crippen LogP contribution in [0, 0.1) is 11.3 Å². The average Bonchev–Trinajstić information content (AvgIpc) is 2.80. The van der Waals surface area contributed by atoms with Crippen LogP contribution in [0.4, 0.5) is 8.78 Å². The minimum absolute atomic E-state index is 0.266. The summed E-state index contributed by atoms with van der Waals surface area (Å²) in [5.74, 6) is 0.266. The summed E-state index contributed by atoms with van der Waals surface area (Å²) in [6, 6.07) is 0. The molecule has 0 amide bonds. The molecule has 72 valence electrons. The predicted octanol–water partition coefficient (Wildman–Crippen LogP) is 3.86. The molecule has 1 saturated carbocycles. The lowest BCUT2D eigenvalue weighted by Crippen LogP contribution is -2.23. The van der Waals surface area contributed by atoms with Crippen LogP contribution in [0.2, 0.25) is 0 Å². The molecule has 12 heavy (non-hydrogen) atoms. The van der Waals surface area contributed by atoms with Crippen LogP contribution in [0.15, 0.2) is 0 Å². The highest BCUT2D eigenvalue weighted by atomic mass is 19.3. The largest absolute Gasteiger partial charge is 0.244 e. The number of hydrogen-bond donors (Lipinski definition) is 0. The lowest BCUT2D eigenvalue weighted by Gasteiger charge is -2.24. The van der Waals surface area contributed by atoms with Gasteiger partial charge in [-0.15, -0.1) is 0 Å². The summed E-state index contributed by atoms with van der Waals surface area (Å²) in [5, 5.41) is 0. The molecule has 1 fully saturated rings. The lowest BCUT2D eigenvalue weighted by molar-refractivity contribution is 0.0203. The summed E-state index contributed by atoms with van der Waals surface area (Å²) in [6.45, 7) is 4.10. The minimum Gasteiger partial charge on any atom is -0.210 e. The van der Waals surface area contributed by atoms with E-state index < -0.39 is 11.8 Å². The van der Waals surface area contributed by atoms with E-state index in [2.05, 4.69) is 6.92 Å². The van der Waals surface area contributed by atoms with Crippen molar-refractivity contribution in [1.29, 1.82) is 0 Å². The molecule has 0 aromatic rings. The van der Waals surface area contributed by atoms with E-state index in [4.69, 9.17) is 0 Å². The number of hydrogen-bond acceptors (Lipinski definition) is 0. The third-order valence-corrected chi connectivity index (χ3v) is 3.20. The second-order valence-electron chi connectivity index (χ2n) is 3.93. The first-order chi connectivity index (χ1) is 5.67. The predicted molar refractivity (Wildman–Crippen MR) is 46.4 cm³/mol. The molecule has 0 saturated heterocycles. The van der Waals surface area contributed by atoms with E-state index in [1.54, 1.807) is 0 Å². The van der Waals surface area contributed by atoms with E-state index >= 15 is 0 Å². The van der Waals surface area contributed by atoms with Gasteiger partial charge in [-0.1, -0.05) is 26.7 Å². The maximum absolute atomic E-state index is 12.6. The Labute approximate surface area is 73.3 Å². The molecule has 0 aromatic heterocycles. The van der Waals surface area contributed by atoms with Gasteiger partial charge in [-0.3, -0.25) is 0 Å². The maximum atomic E-state index is 12.6. The van der Waals surface area contributed by atoms with Gasteiger partial charge in [-0.05, 0) is 25.2 Å². The Bertz CT molecular complexity index is 139. The van der Waals surface area contributed by atoms with Gasteiger partial charge >= 0.3 is 0 Å². The van der Waals surface area contributed by atoms with Crippen molar-refractivity contribution in [3.8, 4) is 0 Å². The van der Waals surface area contributed by atoms with Crippen LogP contribution in [-0.4, -0.2) is 6.43 Å². The van der Waals surface area contributed by atoms with Crippen molar-refractivity contribution in [2.45, 2.75) is 52.4 Å². The highest BCUT2D eigenvalue weighted by molar-refractivity contribution is 4.99. The molecule has 0 nitrogen and oxygen atoms in total. The summed E-state index contributed by atoms with van der Waals surface area (Å²) in [4.78, 5) is 0. The average molecular weight is 176 g/mol. The molecule has 0 radical (unpaired) electrons. The molecule has 0 aliphatic heterocycles. The molecule has 0 heterocycles. The van der Waals surface area contributed by atoms with Crippen LogP contribution in [0.5, 0.6) is 0 Å². The second-order valence-corrected chi connectivity index (χ2v) is 3.93. The van der Waals surface area contributed by atoms with Crippen LogP contribution < -0.4 is 0 Å². The molecule has 1 atom stereocenters. The Kier molecular flexibility index (Phi) is 3.08. The van der Waals surface area contributed by atoms with Crippen molar-refractivity contribution in [2.75, 3.05) is 0 Å². The fourth-order valence-electron chi connectivity index (χ4n) is 2.20. The fraction of sp³-hybridized carbons (Fsp3) is 1.00. The third kappa shape index (κ3) is 1.62. The van der Waals surface area contributed by atoms with Gasteiger partial charge < -0.3 is 0 Å². The maximum Gasteiger partial charge on any atom is 0.244 e. The fourth-order valence-corrected chi connectivity index (χ4v) is 2.20. The van der Waals surface area contributed by atoms with Gasteiger partial charge in [-0.25, -0.2) is 8.78 Å². The summed E-state index contributed by atoms with van der Waals surface area (Å²) in [5.41, 5.74) is -0.565. The first-order valence-corrected chi connectivity index (χ1v) is 4.95. The van der Waals surface area contributed by atoms with Crippen LogP contribution in [0.1, 0.15) is 46.0 Å². The highest BCUT2D eigenvalue weighted by Gasteiger charge is 2.55. The number of alkyl halides is 2. The minimum atomic E-state index is -2.09. The standard InChI is InChI=1S/C10H18F2/c1-3-5-8(4-2)10(6-7-10)9(11)12/h8-9H,3-7H2,1-2H3. The quantitative estimate of drug-likeness (QED) is 0.596. The SMILES string of the molecule is CCCC(CC)C1(C(F)F)CC1. The Morgan fingerprint density at radius 1 is 1.25 bits per heavy atom. The van der Waals surface area contributed by atoms with Gasteiger partial charge in [0, 0.05) is 5.41 Å². The monoisotopic (exact) mass is 176 g/mol. The van der Waals surface area contributed by atoms with E-state index in [-0.39, 0.29) is 5.92 Å². The Hall–Kier alpha value is -0.140. The first kappa shape index (κ1) is 9.94. The normalized spacial score (nSPS) is 22.8. The summed E-state index contributed by atoms with van der Waals surface area (Å²) < 4.78 is 25.3. The zero-order valence-corrected chi connectivity index (χ0v) is 7.95. The lowest BCUT2D eigenvalue weighted by atomic mass is 9.84. The van der Waals surface area contributed by atoms with Crippen molar-refractivity contribution in [3.05, 3.63) is 0 Å². The van der Waals surface area contributed by atoms with Gasteiger partial charge in [0.15, 0.2) is 0 Å². The molecule has 1 unspecified atom stereocenters. The van der Waals surface area contributed by atoms with Gasteiger partial charge in [0.05, 0.1) is 0 Å². The molecule has 0 aromatic carbocycles. The van der Waals surface area contributed by atoms with Crippen LogP contribution in [0.25, 0.3) is 0 Å². The zero-order valence-electron chi connectivity index (χ0n) is 7.95. The molecule has 2 heteroatoms. The van der Waals surface area contributed by atoms with Gasteiger partial charge in [0.2, 0.25) is 6.43 Å². The molecule has 0 spiro atoms.